The van der Waals surface area contributed by atoms with Gasteiger partial charge in [-0.25, -0.2) is 4.98 Å². The molecule has 5 rings (SSSR count). The zero-order valence-corrected chi connectivity index (χ0v) is 14.3. The zero-order chi connectivity index (χ0) is 18.2. The molecule has 0 saturated heterocycles. The van der Waals surface area contributed by atoms with E-state index in [4.69, 9.17) is 4.42 Å². The summed E-state index contributed by atoms with van der Waals surface area (Å²) in [7, 11) is 0. The fourth-order valence-corrected chi connectivity index (χ4v) is 3.12. The van der Waals surface area contributed by atoms with E-state index in [1.54, 1.807) is 6.07 Å². The number of carbonyl (C=O) groups is 1. The number of aromatic amines is 1. The zero-order valence-electron chi connectivity index (χ0n) is 14.3. The number of para-hydroxylation sites is 3. The number of fused-ring (bicyclic) bond motifs is 2. The predicted octanol–water partition coefficient (Wildman–Crippen LogP) is 5.23. The highest BCUT2D eigenvalue weighted by atomic mass is 16.3. The fourth-order valence-electron chi connectivity index (χ4n) is 3.12. The predicted molar refractivity (Wildman–Crippen MR) is 106 cm³/mol. The minimum absolute atomic E-state index is 0.283. The van der Waals surface area contributed by atoms with Crippen molar-refractivity contribution >= 4 is 33.6 Å². The first-order valence-corrected chi connectivity index (χ1v) is 8.61. The monoisotopic (exact) mass is 353 g/mol. The van der Waals surface area contributed by atoms with Crippen LogP contribution in [0.1, 0.15) is 10.6 Å². The number of benzene rings is 3. The van der Waals surface area contributed by atoms with E-state index in [0.29, 0.717) is 11.3 Å². The second-order valence-corrected chi connectivity index (χ2v) is 6.29. The van der Waals surface area contributed by atoms with Crippen LogP contribution in [0, 0.1) is 0 Å². The number of nitrogens with zero attached hydrogens (tertiary/aromatic N) is 1. The number of hydrogen-bond acceptors (Lipinski definition) is 3. The Bertz CT molecular complexity index is 1220. The van der Waals surface area contributed by atoms with Gasteiger partial charge in [-0.3, -0.25) is 4.79 Å². The minimum atomic E-state index is -0.284. The molecule has 130 valence electrons. The van der Waals surface area contributed by atoms with Crippen LogP contribution in [0.3, 0.4) is 0 Å². The highest BCUT2D eigenvalue weighted by Crippen LogP contribution is 2.24. The molecular formula is C22H15N3O2. The topological polar surface area (TPSA) is 70.9 Å². The maximum Gasteiger partial charge on any atom is 0.291 e. The molecule has 5 nitrogen and oxygen atoms in total. The average molecular weight is 353 g/mol. The Labute approximate surface area is 154 Å². The number of carbonyl (C=O) groups excluding carboxylic acids is 1. The Morgan fingerprint density at radius 1 is 0.926 bits per heavy atom. The van der Waals surface area contributed by atoms with Gasteiger partial charge >= 0.3 is 0 Å². The first-order valence-electron chi connectivity index (χ1n) is 8.61. The van der Waals surface area contributed by atoms with Crippen LogP contribution in [0.2, 0.25) is 0 Å². The molecule has 27 heavy (non-hydrogen) atoms. The van der Waals surface area contributed by atoms with E-state index in [1.165, 1.54) is 0 Å². The first kappa shape index (κ1) is 15.4. The summed E-state index contributed by atoms with van der Waals surface area (Å²) in [6, 6.07) is 24.7. The van der Waals surface area contributed by atoms with Crippen molar-refractivity contribution in [2.24, 2.45) is 0 Å². The van der Waals surface area contributed by atoms with Crippen molar-refractivity contribution in [1.29, 1.82) is 0 Å². The summed E-state index contributed by atoms with van der Waals surface area (Å²) < 4.78 is 5.63. The molecule has 5 heteroatoms. The Morgan fingerprint density at radius 3 is 2.67 bits per heavy atom. The lowest BCUT2D eigenvalue weighted by atomic mass is 10.2. The molecule has 1 amide bonds. The molecule has 0 unspecified atom stereocenters. The standard InChI is InChI=1S/C22H15N3O2/c26-22(20-13-14-6-1-4-11-19(14)27-20)23-16-8-5-7-15(12-16)21-24-17-9-2-3-10-18(17)25-21/h1-13H,(H,23,26)(H,24,25). The molecule has 0 fully saturated rings. The smallest absolute Gasteiger partial charge is 0.291 e. The summed E-state index contributed by atoms with van der Waals surface area (Å²) in [5.41, 5.74) is 4.15. The van der Waals surface area contributed by atoms with Gasteiger partial charge in [-0.2, -0.15) is 0 Å². The van der Waals surface area contributed by atoms with Crippen LogP contribution in [0.5, 0.6) is 0 Å². The highest BCUT2D eigenvalue weighted by molar-refractivity contribution is 6.04. The van der Waals surface area contributed by atoms with Gasteiger partial charge in [0.2, 0.25) is 0 Å². The number of H-pyrrole nitrogens is 1. The third kappa shape index (κ3) is 2.85. The molecule has 2 N–H and O–H groups in total. The lowest BCUT2D eigenvalue weighted by molar-refractivity contribution is 0.0998. The SMILES string of the molecule is O=C(Nc1cccc(-c2nc3ccccc3[nH]2)c1)c1cc2ccccc2o1. The van der Waals surface area contributed by atoms with E-state index in [-0.39, 0.29) is 11.7 Å². The number of amides is 1. The van der Waals surface area contributed by atoms with Crippen molar-refractivity contribution in [3.63, 3.8) is 0 Å². The van der Waals surface area contributed by atoms with E-state index in [9.17, 15) is 4.79 Å². The van der Waals surface area contributed by atoms with Crippen LogP contribution in [0.25, 0.3) is 33.4 Å². The Morgan fingerprint density at radius 2 is 1.78 bits per heavy atom. The van der Waals surface area contributed by atoms with E-state index in [2.05, 4.69) is 15.3 Å². The number of aromatic nitrogens is 2. The Balaban J connectivity index is 1.43. The molecular weight excluding hydrogens is 338 g/mol. The quantitative estimate of drug-likeness (QED) is 0.467. The second-order valence-electron chi connectivity index (χ2n) is 6.29. The summed E-state index contributed by atoms with van der Waals surface area (Å²) >= 11 is 0. The number of furan rings is 1. The summed E-state index contributed by atoms with van der Waals surface area (Å²) in [5, 5.41) is 3.79. The van der Waals surface area contributed by atoms with E-state index in [1.807, 2.05) is 72.8 Å². The van der Waals surface area contributed by atoms with Gasteiger partial charge in [-0.05, 0) is 36.4 Å². The number of rotatable bonds is 3. The fraction of sp³-hybridized carbons (Fsp3) is 0. The van der Waals surface area contributed by atoms with Gasteiger partial charge in [0.1, 0.15) is 11.4 Å². The molecule has 0 bridgehead atoms. The molecule has 2 heterocycles. The van der Waals surface area contributed by atoms with Gasteiger partial charge in [0.05, 0.1) is 11.0 Å². The number of imidazole rings is 1. The summed E-state index contributed by atoms with van der Waals surface area (Å²) in [6.07, 6.45) is 0. The van der Waals surface area contributed by atoms with Crippen LogP contribution in [0.15, 0.2) is 83.3 Å². The summed E-state index contributed by atoms with van der Waals surface area (Å²) in [4.78, 5) is 20.4. The molecule has 0 spiro atoms. The van der Waals surface area contributed by atoms with Crippen LogP contribution in [0.4, 0.5) is 5.69 Å². The van der Waals surface area contributed by atoms with Gasteiger partial charge in [0.15, 0.2) is 5.76 Å². The largest absolute Gasteiger partial charge is 0.451 e. The second kappa shape index (κ2) is 6.14. The molecule has 0 aliphatic carbocycles. The highest BCUT2D eigenvalue weighted by Gasteiger charge is 2.13. The average Bonchev–Trinajstić information content (AvgIpc) is 3.32. The van der Waals surface area contributed by atoms with Crippen LogP contribution in [-0.4, -0.2) is 15.9 Å². The molecule has 0 aliphatic rings. The van der Waals surface area contributed by atoms with Crippen molar-refractivity contribution in [2.75, 3.05) is 5.32 Å². The summed E-state index contributed by atoms with van der Waals surface area (Å²) in [6.45, 7) is 0. The van der Waals surface area contributed by atoms with E-state index in [0.717, 1.165) is 27.8 Å². The molecule has 0 aliphatic heterocycles. The van der Waals surface area contributed by atoms with Gasteiger partial charge in [0, 0.05) is 16.6 Å². The normalized spacial score (nSPS) is 11.1. The molecule has 2 aromatic heterocycles. The van der Waals surface area contributed by atoms with Crippen LogP contribution < -0.4 is 5.32 Å². The minimum Gasteiger partial charge on any atom is -0.451 e. The lowest BCUT2D eigenvalue weighted by Gasteiger charge is -2.05. The van der Waals surface area contributed by atoms with Crippen molar-refractivity contribution in [3.05, 3.63) is 84.6 Å². The molecule has 0 atom stereocenters. The van der Waals surface area contributed by atoms with Gasteiger partial charge < -0.3 is 14.7 Å². The van der Waals surface area contributed by atoms with Gasteiger partial charge in [-0.15, -0.1) is 0 Å². The lowest BCUT2D eigenvalue weighted by Crippen LogP contribution is -2.10. The van der Waals surface area contributed by atoms with Gasteiger partial charge in [0.25, 0.3) is 5.91 Å². The van der Waals surface area contributed by atoms with E-state index >= 15 is 0 Å². The third-order valence-electron chi connectivity index (χ3n) is 4.43. The molecule has 5 aromatic rings. The van der Waals surface area contributed by atoms with Crippen molar-refractivity contribution < 1.29 is 9.21 Å². The molecule has 0 radical (unpaired) electrons. The van der Waals surface area contributed by atoms with Crippen molar-refractivity contribution in [1.82, 2.24) is 9.97 Å². The van der Waals surface area contributed by atoms with Gasteiger partial charge in [-0.1, -0.05) is 42.5 Å². The number of hydrogen-bond donors (Lipinski definition) is 2. The Kier molecular flexibility index (Phi) is 3.50. The molecule has 0 saturated carbocycles. The van der Waals surface area contributed by atoms with Crippen LogP contribution in [-0.2, 0) is 0 Å². The van der Waals surface area contributed by atoms with Crippen molar-refractivity contribution in [2.45, 2.75) is 0 Å². The first-order chi connectivity index (χ1) is 13.3. The van der Waals surface area contributed by atoms with E-state index < -0.39 is 0 Å². The number of anilines is 1. The third-order valence-corrected chi connectivity index (χ3v) is 4.43. The summed E-state index contributed by atoms with van der Waals surface area (Å²) in [5.74, 6) is 0.759. The van der Waals surface area contributed by atoms with Crippen LogP contribution >= 0.6 is 0 Å². The maximum atomic E-state index is 12.5. The number of nitrogens with one attached hydrogen (secondary N) is 2. The maximum absolute atomic E-state index is 12.5. The Hall–Kier alpha value is -3.86. The van der Waals surface area contributed by atoms with Crippen molar-refractivity contribution in [3.8, 4) is 11.4 Å². The molecule has 3 aromatic carbocycles.